The van der Waals surface area contributed by atoms with Crippen LogP contribution in [0.1, 0.15) is 20.3 Å². The van der Waals surface area contributed by atoms with Crippen molar-refractivity contribution in [3.63, 3.8) is 0 Å². The molecule has 1 saturated heterocycles. The number of para-hydroxylation sites is 1. The van der Waals surface area contributed by atoms with Crippen molar-refractivity contribution in [2.75, 3.05) is 24.5 Å². The van der Waals surface area contributed by atoms with Crippen LogP contribution in [0.3, 0.4) is 0 Å². The number of piperazine rings is 1. The number of anilines is 1. The number of amides is 2. The van der Waals surface area contributed by atoms with Crippen LogP contribution in [0, 0.1) is 5.92 Å². The summed E-state index contributed by atoms with van der Waals surface area (Å²) in [5.74, 6) is -0.215. The van der Waals surface area contributed by atoms with Crippen molar-refractivity contribution >= 4 is 17.5 Å². The molecular weight excluding hydrogens is 268 g/mol. The number of benzene rings is 1. The summed E-state index contributed by atoms with van der Waals surface area (Å²) in [6.07, 6.45) is -0.590. The third-order valence-electron chi connectivity index (χ3n) is 3.58. The Morgan fingerprint density at radius 3 is 2.48 bits per heavy atom. The predicted octanol–water partition coefficient (Wildman–Crippen LogP) is 1.27. The van der Waals surface area contributed by atoms with Gasteiger partial charge in [0, 0.05) is 18.8 Å². The molecule has 1 atom stereocenters. The van der Waals surface area contributed by atoms with E-state index in [9.17, 15) is 14.7 Å². The van der Waals surface area contributed by atoms with Gasteiger partial charge in [-0.15, -0.1) is 0 Å². The number of carbonyl (C=O) groups is 2. The Kier molecular flexibility index (Phi) is 4.96. The molecule has 2 rings (SSSR count). The van der Waals surface area contributed by atoms with Gasteiger partial charge in [-0.2, -0.15) is 0 Å². The lowest BCUT2D eigenvalue weighted by molar-refractivity contribution is -0.144. The maximum atomic E-state index is 12.2. The van der Waals surface area contributed by atoms with Gasteiger partial charge in [0.25, 0.3) is 5.91 Å². The molecule has 1 aromatic rings. The van der Waals surface area contributed by atoms with E-state index in [1.807, 2.05) is 44.2 Å². The third-order valence-corrected chi connectivity index (χ3v) is 3.58. The van der Waals surface area contributed by atoms with Gasteiger partial charge in [0.15, 0.2) is 0 Å². The van der Waals surface area contributed by atoms with Gasteiger partial charge in [-0.25, -0.2) is 0 Å². The highest BCUT2D eigenvalue weighted by Crippen LogP contribution is 2.17. The quantitative estimate of drug-likeness (QED) is 0.908. The van der Waals surface area contributed by atoms with E-state index in [-0.39, 0.29) is 24.3 Å². The molecule has 1 N–H and O–H groups in total. The first-order chi connectivity index (χ1) is 9.99. The van der Waals surface area contributed by atoms with E-state index in [2.05, 4.69) is 0 Å². The molecule has 5 heteroatoms. The number of hydrogen-bond acceptors (Lipinski definition) is 3. The zero-order chi connectivity index (χ0) is 15.4. The standard InChI is InChI=1S/C16H22N2O3/c1-12(2)10-14(19)16(21)17-8-9-18(15(20)11-17)13-6-4-3-5-7-13/h3-7,12,14,19H,8-11H2,1-2H3/t14-/m1/s1. The zero-order valence-corrected chi connectivity index (χ0v) is 12.5. The van der Waals surface area contributed by atoms with Gasteiger partial charge in [-0.3, -0.25) is 9.59 Å². The summed E-state index contributed by atoms with van der Waals surface area (Å²) in [6, 6.07) is 9.42. The fraction of sp³-hybridized carbons (Fsp3) is 0.500. The van der Waals surface area contributed by atoms with E-state index in [0.29, 0.717) is 19.5 Å². The summed E-state index contributed by atoms with van der Waals surface area (Å²) < 4.78 is 0. The topological polar surface area (TPSA) is 60.9 Å². The Hall–Kier alpha value is -1.88. The van der Waals surface area contributed by atoms with Crippen molar-refractivity contribution < 1.29 is 14.7 Å². The Morgan fingerprint density at radius 1 is 1.24 bits per heavy atom. The average molecular weight is 290 g/mol. The van der Waals surface area contributed by atoms with E-state index < -0.39 is 6.10 Å². The summed E-state index contributed by atoms with van der Waals surface area (Å²) in [7, 11) is 0. The second kappa shape index (κ2) is 6.72. The van der Waals surface area contributed by atoms with Crippen LogP contribution in [0.4, 0.5) is 5.69 Å². The second-order valence-corrected chi connectivity index (χ2v) is 5.79. The van der Waals surface area contributed by atoms with Crippen molar-refractivity contribution in [3.05, 3.63) is 30.3 Å². The van der Waals surface area contributed by atoms with Crippen LogP contribution in [0.5, 0.6) is 0 Å². The lowest BCUT2D eigenvalue weighted by Crippen LogP contribution is -2.54. The highest BCUT2D eigenvalue weighted by atomic mass is 16.3. The van der Waals surface area contributed by atoms with Crippen LogP contribution >= 0.6 is 0 Å². The molecule has 0 aromatic heterocycles. The molecule has 0 saturated carbocycles. The summed E-state index contributed by atoms with van der Waals surface area (Å²) in [4.78, 5) is 27.5. The van der Waals surface area contributed by atoms with Gasteiger partial charge in [0.05, 0.1) is 0 Å². The van der Waals surface area contributed by atoms with E-state index in [4.69, 9.17) is 0 Å². The van der Waals surface area contributed by atoms with Gasteiger partial charge in [0.1, 0.15) is 12.6 Å². The first kappa shape index (κ1) is 15.5. The van der Waals surface area contributed by atoms with Crippen LogP contribution in [-0.4, -0.2) is 47.6 Å². The van der Waals surface area contributed by atoms with Crippen LogP contribution in [0.25, 0.3) is 0 Å². The lowest BCUT2D eigenvalue weighted by atomic mass is 10.0. The fourth-order valence-electron chi connectivity index (χ4n) is 2.50. The molecule has 0 spiro atoms. The van der Waals surface area contributed by atoms with Gasteiger partial charge < -0.3 is 14.9 Å². The molecule has 1 aromatic carbocycles. The summed E-state index contributed by atoms with van der Waals surface area (Å²) >= 11 is 0. The SMILES string of the molecule is CC(C)C[C@@H](O)C(=O)N1CCN(c2ccccc2)C(=O)C1. The maximum absolute atomic E-state index is 12.2. The average Bonchev–Trinajstić information content (AvgIpc) is 2.46. The lowest BCUT2D eigenvalue weighted by Gasteiger charge is -2.35. The van der Waals surface area contributed by atoms with E-state index >= 15 is 0 Å². The normalized spacial score (nSPS) is 17.2. The summed E-state index contributed by atoms with van der Waals surface area (Å²) in [5, 5.41) is 9.89. The molecule has 1 aliphatic heterocycles. The van der Waals surface area contributed by atoms with Crippen LogP contribution in [0.2, 0.25) is 0 Å². The highest BCUT2D eigenvalue weighted by Gasteiger charge is 2.31. The molecule has 1 heterocycles. The smallest absolute Gasteiger partial charge is 0.251 e. The molecule has 0 aliphatic carbocycles. The van der Waals surface area contributed by atoms with E-state index in [1.54, 1.807) is 4.90 Å². The Labute approximate surface area is 125 Å². The minimum atomic E-state index is -1.01. The number of hydrogen-bond donors (Lipinski definition) is 1. The van der Waals surface area contributed by atoms with Gasteiger partial charge >= 0.3 is 0 Å². The molecule has 0 bridgehead atoms. The fourth-order valence-corrected chi connectivity index (χ4v) is 2.50. The third kappa shape index (κ3) is 3.82. The molecule has 1 aliphatic rings. The molecule has 1 fully saturated rings. The number of carbonyl (C=O) groups excluding carboxylic acids is 2. The zero-order valence-electron chi connectivity index (χ0n) is 12.5. The van der Waals surface area contributed by atoms with Crippen molar-refractivity contribution in [3.8, 4) is 0 Å². The van der Waals surface area contributed by atoms with Gasteiger partial charge in [-0.05, 0) is 24.5 Å². The van der Waals surface area contributed by atoms with Crippen LogP contribution in [-0.2, 0) is 9.59 Å². The summed E-state index contributed by atoms with van der Waals surface area (Å²) in [5.41, 5.74) is 0.845. The molecule has 21 heavy (non-hydrogen) atoms. The Bertz CT molecular complexity index is 502. The van der Waals surface area contributed by atoms with Gasteiger partial charge in [-0.1, -0.05) is 32.0 Å². The van der Waals surface area contributed by atoms with E-state index in [1.165, 1.54) is 4.90 Å². The van der Waals surface area contributed by atoms with Crippen molar-refractivity contribution in [1.29, 1.82) is 0 Å². The van der Waals surface area contributed by atoms with E-state index in [0.717, 1.165) is 5.69 Å². The Balaban J connectivity index is 1.98. The first-order valence-electron chi connectivity index (χ1n) is 7.31. The molecule has 5 nitrogen and oxygen atoms in total. The minimum Gasteiger partial charge on any atom is -0.383 e. The van der Waals surface area contributed by atoms with Crippen molar-refractivity contribution in [2.45, 2.75) is 26.4 Å². The highest BCUT2D eigenvalue weighted by molar-refractivity contribution is 5.98. The number of rotatable bonds is 4. The monoisotopic (exact) mass is 290 g/mol. The maximum Gasteiger partial charge on any atom is 0.251 e. The molecule has 2 amide bonds. The Morgan fingerprint density at radius 2 is 1.90 bits per heavy atom. The molecule has 114 valence electrons. The molecule has 0 radical (unpaired) electrons. The van der Waals surface area contributed by atoms with Crippen LogP contribution in [0.15, 0.2) is 30.3 Å². The summed E-state index contributed by atoms with van der Waals surface area (Å²) in [6.45, 7) is 4.85. The number of aliphatic hydroxyl groups excluding tert-OH is 1. The largest absolute Gasteiger partial charge is 0.383 e. The predicted molar refractivity (Wildman–Crippen MR) is 80.8 cm³/mol. The van der Waals surface area contributed by atoms with Crippen LogP contribution < -0.4 is 4.90 Å². The van der Waals surface area contributed by atoms with Crippen molar-refractivity contribution in [2.24, 2.45) is 5.92 Å². The minimum absolute atomic E-state index is 0.0306. The van der Waals surface area contributed by atoms with Gasteiger partial charge in [0.2, 0.25) is 5.91 Å². The molecular formula is C16H22N2O3. The number of aliphatic hydroxyl groups is 1. The van der Waals surface area contributed by atoms with Crippen molar-refractivity contribution in [1.82, 2.24) is 4.90 Å². The molecule has 0 unspecified atom stereocenters. The number of nitrogens with zero attached hydrogens (tertiary/aromatic N) is 2. The second-order valence-electron chi connectivity index (χ2n) is 5.79. The first-order valence-corrected chi connectivity index (χ1v) is 7.31.